The molecule has 0 aliphatic carbocycles. The minimum absolute atomic E-state index is 0.230. The van der Waals surface area contributed by atoms with Gasteiger partial charge in [-0.1, -0.05) is 13.0 Å². The normalized spacial score (nSPS) is 10.4. The van der Waals surface area contributed by atoms with Gasteiger partial charge in [-0.25, -0.2) is 0 Å². The second-order valence-corrected chi connectivity index (χ2v) is 5.13. The molecule has 0 saturated heterocycles. The largest absolute Gasteiger partial charge is 0.484 e. The number of anilines is 1. The monoisotopic (exact) mass is 316 g/mol. The van der Waals surface area contributed by atoms with E-state index in [0.29, 0.717) is 17.1 Å². The Balaban J connectivity index is 2.18. The van der Waals surface area contributed by atoms with Gasteiger partial charge in [0, 0.05) is 18.2 Å². The van der Waals surface area contributed by atoms with Gasteiger partial charge >= 0.3 is 0 Å². The third-order valence-corrected chi connectivity index (χ3v) is 3.41. The van der Waals surface area contributed by atoms with Crippen LogP contribution in [-0.2, 0) is 18.3 Å². The Kier molecular flexibility index (Phi) is 5.00. The highest BCUT2D eigenvalue weighted by Gasteiger charge is 2.15. The molecule has 1 aromatic heterocycles. The van der Waals surface area contributed by atoms with Gasteiger partial charge in [-0.15, -0.1) is 0 Å². The molecule has 0 bridgehead atoms. The highest BCUT2D eigenvalue weighted by molar-refractivity contribution is 6.04. The Morgan fingerprint density at radius 1 is 1.39 bits per heavy atom. The first-order valence-electron chi connectivity index (χ1n) is 7.27. The summed E-state index contributed by atoms with van der Waals surface area (Å²) in [4.78, 5) is 23.2. The number of carbonyl (C=O) groups is 2. The molecule has 2 aromatic rings. The number of hydrogen-bond acceptors (Lipinski definition) is 4. The van der Waals surface area contributed by atoms with Gasteiger partial charge in [-0.2, -0.15) is 5.10 Å². The lowest BCUT2D eigenvalue weighted by molar-refractivity contribution is -0.119. The Morgan fingerprint density at radius 2 is 2.13 bits per heavy atom. The molecular weight excluding hydrogens is 296 g/mol. The number of amides is 2. The Hall–Kier alpha value is -2.83. The van der Waals surface area contributed by atoms with Crippen molar-refractivity contribution in [3.63, 3.8) is 0 Å². The number of nitrogens with two attached hydrogens (primary N) is 1. The summed E-state index contributed by atoms with van der Waals surface area (Å²) in [6, 6.07) is 6.57. The van der Waals surface area contributed by atoms with Crippen LogP contribution >= 0.6 is 0 Å². The fourth-order valence-electron chi connectivity index (χ4n) is 2.34. The number of carbonyl (C=O) groups excluding carboxylic acids is 2. The third kappa shape index (κ3) is 3.88. The Labute approximate surface area is 134 Å². The average molecular weight is 316 g/mol. The van der Waals surface area contributed by atoms with Crippen LogP contribution in [0.2, 0.25) is 0 Å². The van der Waals surface area contributed by atoms with Crippen molar-refractivity contribution in [1.82, 2.24) is 9.78 Å². The maximum absolute atomic E-state index is 12.4. The molecule has 1 aromatic carbocycles. The SMILES string of the molecule is CCc1c(C)nn(C)c1NC(=O)c1cccc(OCC(N)=O)c1. The smallest absolute Gasteiger partial charge is 0.256 e. The van der Waals surface area contributed by atoms with Gasteiger partial charge in [-0.3, -0.25) is 14.3 Å². The van der Waals surface area contributed by atoms with Gasteiger partial charge in [0.25, 0.3) is 11.8 Å². The minimum atomic E-state index is -0.571. The predicted molar refractivity (Wildman–Crippen MR) is 86.4 cm³/mol. The van der Waals surface area contributed by atoms with E-state index in [0.717, 1.165) is 17.7 Å². The number of nitrogens with one attached hydrogen (secondary N) is 1. The molecule has 7 nitrogen and oxygen atoms in total. The van der Waals surface area contributed by atoms with Gasteiger partial charge in [0.05, 0.1) is 5.69 Å². The fraction of sp³-hybridized carbons (Fsp3) is 0.312. The molecule has 2 amide bonds. The molecule has 0 aliphatic heterocycles. The van der Waals surface area contributed by atoms with Crippen molar-refractivity contribution < 1.29 is 14.3 Å². The van der Waals surface area contributed by atoms with Gasteiger partial charge < -0.3 is 15.8 Å². The second-order valence-electron chi connectivity index (χ2n) is 5.13. The molecule has 0 spiro atoms. The summed E-state index contributed by atoms with van der Waals surface area (Å²) in [6.45, 7) is 3.69. The lowest BCUT2D eigenvalue weighted by atomic mass is 10.1. The lowest BCUT2D eigenvalue weighted by Crippen LogP contribution is -2.20. The van der Waals surface area contributed by atoms with Crippen molar-refractivity contribution >= 4 is 17.6 Å². The summed E-state index contributed by atoms with van der Waals surface area (Å²) in [7, 11) is 1.79. The Morgan fingerprint density at radius 3 is 2.78 bits per heavy atom. The zero-order valence-corrected chi connectivity index (χ0v) is 13.4. The number of rotatable bonds is 6. The lowest BCUT2D eigenvalue weighted by Gasteiger charge is -2.09. The number of benzene rings is 1. The maximum Gasteiger partial charge on any atom is 0.256 e. The molecule has 122 valence electrons. The molecule has 7 heteroatoms. The molecular formula is C16H20N4O3. The van der Waals surface area contributed by atoms with Crippen molar-refractivity contribution in [3.8, 4) is 5.75 Å². The van der Waals surface area contributed by atoms with Crippen molar-refractivity contribution in [3.05, 3.63) is 41.1 Å². The number of ether oxygens (including phenoxy) is 1. The zero-order valence-electron chi connectivity index (χ0n) is 13.4. The van der Waals surface area contributed by atoms with Crippen LogP contribution in [0, 0.1) is 6.92 Å². The third-order valence-electron chi connectivity index (χ3n) is 3.41. The van der Waals surface area contributed by atoms with Crippen molar-refractivity contribution in [1.29, 1.82) is 0 Å². The van der Waals surface area contributed by atoms with E-state index in [1.54, 1.807) is 36.0 Å². The standard InChI is InChI=1S/C16H20N4O3/c1-4-13-10(2)19-20(3)15(13)18-16(22)11-6-5-7-12(8-11)23-9-14(17)21/h5-8H,4,9H2,1-3H3,(H2,17,21)(H,18,22). The second kappa shape index (κ2) is 6.95. The summed E-state index contributed by atoms with van der Waals surface area (Å²) in [5.41, 5.74) is 7.36. The number of hydrogen-bond donors (Lipinski definition) is 2. The number of primary amides is 1. The molecule has 0 radical (unpaired) electrons. The van der Waals surface area contributed by atoms with E-state index in [1.165, 1.54) is 0 Å². The number of aromatic nitrogens is 2. The van der Waals surface area contributed by atoms with E-state index in [9.17, 15) is 9.59 Å². The van der Waals surface area contributed by atoms with Crippen LogP contribution in [0.1, 0.15) is 28.5 Å². The summed E-state index contributed by atoms with van der Waals surface area (Å²) in [5.74, 6) is 0.247. The van der Waals surface area contributed by atoms with Crippen LogP contribution in [-0.4, -0.2) is 28.2 Å². The van der Waals surface area contributed by atoms with E-state index in [2.05, 4.69) is 10.4 Å². The van der Waals surface area contributed by atoms with E-state index >= 15 is 0 Å². The predicted octanol–water partition coefficient (Wildman–Crippen LogP) is 1.41. The first-order chi connectivity index (χ1) is 10.9. The average Bonchev–Trinajstić information content (AvgIpc) is 2.78. The Bertz CT molecular complexity index is 737. The van der Waals surface area contributed by atoms with Gasteiger partial charge in [-0.05, 0) is 31.5 Å². The molecule has 0 saturated carbocycles. The summed E-state index contributed by atoms with van der Waals surface area (Å²) in [6.07, 6.45) is 0.775. The first-order valence-corrected chi connectivity index (χ1v) is 7.27. The van der Waals surface area contributed by atoms with E-state index < -0.39 is 5.91 Å². The summed E-state index contributed by atoms with van der Waals surface area (Å²) in [5, 5.41) is 7.19. The molecule has 0 atom stereocenters. The van der Waals surface area contributed by atoms with E-state index in [-0.39, 0.29) is 12.5 Å². The highest BCUT2D eigenvalue weighted by atomic mass is 16.5. The molecule has 0 aliphatic rings. The fourth-order valence-corrected chi connectivity index (χ4v) is 2.34. The van der Waals surface area contributed by atoms with Crippen LogP contribution in [0.3, 0.4) is 0 Å². The molecule has 3 N–H and O–H groups in total. The zero-order chi connectivity index (χ0) is 17.0. The van der Waals surface area contributed by atoms with Crippen LogP contribution in [0.15, 0.2) is 24.3 Å². The van der Waals surface area contributed by atoms with Crippen molar-refractivity contribution in [2.45, 2.75) is 20.3 Å². The first kappa shape index (κ1) is 16.5. The highest BCUT2D eigenvalue weighted by Crippen LogP contribution is 2.21. The van der Waals surface area contributed by atoms with E-state index in [4.69, 9.17) is 10.5 Å². The molecule has 0 fully saturated rings. The van der Waals surface area contributed by atoms with Gasteiger partial charge in [0.2, 0.25) is 0 Å². The van der Waals surface area contributed by atoms with E-state index in [1.807, 2.05) is 13.8 Å². The molecule has 2 rings (SSSR count). The summed E-state index contributed by atoms with van der Waals surface area (Å²) < 4.78 is 6.86. The van der Waals surface area contributed by atoms with Gasteiger partial charge in [0.15, 0.2) is 6.61 Å². The van der Waals surface area contributed by atoms with Gasteiger partial charge in [0.1, 0.15) is 11.6 Å². The number of nitrogens with zero attached hydrogens (tertiary/aromatic N) is 2. The molecule has 23 heavy (non-hydrogen) atoms. The molecule has 0 unspecified atom stereocenters. The van der Waals surface area contributed by atoms with Crippen LogP contribution in [0.5, 0.6) is 5.75 Å². The minimum Gasteiger partial charge on any atom is -0.484 e. The molecule has 1 heterocycles. The quantitative estimate of drug-likeness (QED) is 0.841. The van der Waals surface area contributed by atoms with Crippen LogP contribution in [0.25, 0.3) is 0 Å². The van der Waals surface area contributed by atoms with Crippen LogP contribution < -0.4 is 15.8 Å². The maximum atomic E-state index is 12.4. The summed E-state index contributed by atoms with van der Waals surface area (Å²) >= 11 is 0. The van der Waals surface area contributed by atoms with Crippen LogP contribution in [0.4, 0.5) is 5.82 Å². The van der Waals surface area contributed by atoms with Crippen molar-refractivity contribution in [2.24, 2.45) is 12.8 Å². The van der Waals surface area contributed by atoms with Crippen molar-refractivity contribution in [2.75, 3.05) is 11.9 Å². The topological polar surface area (TPSA) is 99.2 Å². The number of aryl methyl sites for hydroxylation is 2.